The van der Waals surface area contributed by atoms with Crippen molar-refractivity contribution >= 4 is 0 Å². The molecule has 2 aliphatic carbocycles. The molecule has 3 nitrogen and oxygen atoms in total. The maximum Gasteiger partial charge on any atom is 0.115 e. The van der Waals surface area contributed by atoms with E-state index in [0.29, 0.717) is 6.61 Å². The number of aliphatic hydroxyl groups is 1. The minimum Gasteiger partial charge on any atom is -0.495 e. The summed E-state index contributed by atoms with van der Waals surface area (Å²) in [4.78, 5) is 2.37. The van der Waals surface area contributed by atoms with Crippen LogP contribution in [0.5, 0.6) is 0 Å². The third-order valence-corrected chi connectivity index (χ3v) is 6.38. The quantitative estimate of drug-likeness (QED) is 0.790. The molecule has 1 saturated heterocycles. The van der Waals surface area contributed by atoms with Gasteiger partial charge in [0, 0.05) is 18.4 Å². The molecule has 1 aromatic carbocycles. The zero-order chi connectivity index (χ0) is 18.9. The van der Waals surface area contributed by atoms with Crippen molar-refractivity contribution in [1.29, 1.82) is 0 Å². The van der Waals surface area contributed by atoms with Crippen LogP contribution in [0.4, 0.5) is 0 Å². The first-order valence-electron chi connectivity index (χ1n) is 10.5. The fourth-order valence-electron chi connectivity index (χ4n) is 4.95. The van der Waals surface area contributed by atoms with E-state index in [-0.39, 0.29) is 5.41 Å². The molecule has 3 aliphatic rings. The van der Waals surface area contributed by atoms with Gasteiger partial charge in [-0.3, -0.25) is 0 Å². The molecule has 1 fully saturated rings. The number of ether oxygens (including phenoxy) is 1. The summed E-state index contributed by atoms with van der Waals surface area (Å²) in [5, 5.41) is 10.4. The Morgan fingerprint density at radius 1 is 1.04 bits per heavy atom. The van der Waals surface area contributed by atoms with Crippen molar-refractivity contribution in [3.63, 3.8) is 0 Å². The molecule has 27 heavy (non-hydrogen) atoms. The molecule has 1 heterocycles. The van der Waals surface area contributed by atoms with Gasteiger partial charge in [-0.1, -0.05) is 55.7 Å². The molecule has 0 unspecified atom stereocenters. The zero-order valence-electron chi connectivity index (χ0n) is 16.8. The Hall–Kier alpha value is -1.58. The van der Waals surface area contributed by atoms with E-state index < -0.39 is 6.10 Å². The Morgan fingerprint density at radius 2 is 1.74 bits per heavy atom. The standard InChI is InChI=1S/C24H33NO2/c1-24(2)15-22(27-17-21(26)16-25-10-6-3-7-11-25)13-20-12-18-8-4-5-9-19(18)14-23(20)24/h4-5,8-9,15,21,26H,3,6-7,10-14,16-17H2,1-2H3/t21-/m0/s1. The summed E-state index contributed by atoms with van der Waals surface area (Å²) in [6.45, 7) is 7.95. The Morgan fingerprint density at radius 3 is 2.48 bits per heavy atom. The second kappa shape index (κ2) is 7.81. The highest BCUT2D eigenvalue weighted by molar-refractivity contribution is 5.46. The molecule has 1 aromatic rings. The monoisotopic (exact) mass is 367 g/mol. The van der Waals surface area contributed by atoms with Crippen LogP contribution in [-0.4, -0.2) is 42.4 Å². The fraction of sp³-hybridized carbons (Fsp3) is 0.583. The molecule has 146 valence electrons. The number of hydrogen-bond acceptors (Lipinski definition) is 3. The predicted octanol–water partition coefficient (Wildman–Crippen LogP) is 4.26. The summed E-state index contributed by atoms with van der Waals surface area (Å²) in [6.07, 6.45) is 8.69. The summed E-state index contributed by atoms with van der Waals surface area (Å²) < 4.78 is 6.11. The summed E-state index contributed by atoms with van der Waals surface area (Å²) in [5.74, 6) is 1.04. The van der Waals surface area contributed by atoms with Gasteiger partial charge in [0.05, 0.1) is 5.76 Å². The van der Waals surface area contributed by atoms with Gasteiger partial charge in [0.25, 0.3) is 0 Å². The number of aliphatic hydroxyl groups excluding tert-OH is 1. The van der Waals surface area contributed by atoms with E-state index in [2.05, 4.69) is 49.1 Å². The van der Waals surface area contributed by atoms with Gasteiger partial charge < -0.3 is 14.7 Å². The molecular weight excluding hydrogens is 334 g/mol. The molecule has 3 heteroatoms. The summed E-state index contributed by atoms with van der Waals surface area (Å²) in [5.41, 5.74) is 6.02. The summed E-state index contributed by atoms with van der Waals surface area (Å²) in [6, 6.07) is 8.81. The second-order valence-corrected chi connectivity index (χ2v) is 9.04. The molecule has 0 saturated carbocycles. The van der Waals surface area contributed by atoms with Crippen molar-refractivity contribution in [2.45, 2.75) is 58.5 Å². The maximum absolute atomic E-state index is 10.4. The van der Waals surface area contributed by atoms with E-state index in [1.807, 2.05) is 0 Å². The lowest BCUT2D eigenvalue weighted by Crippen LogP contribution is -2.38. The van der Waals surface area contributed by atoms with Crippen LogP contribution in [0.1, 0.15) is 50.7 Å². The van der Waals surface area contributed by atoms with Crippen LogP contribution in [0.2, 0.25) is 0 Å². The van der Waals surface area contributed by atoms with Crippen molar-refractivity contribution in [1.82, 2.24) is 4.90 Å². The first-order chi connectivity index (χ1) is 13.0. The largest absolute Gasteiger partial charge is 0.495 e. The third kappa shape index (κ3) is 4.30. The van der Waals surface area contributed by atoms with Gasteiger partial charge in [0.2, 0.25) is 0 Å². The Kier molecular flexibility index (Phi) is 5.43. The average molecular weight is 368 g/mol. The smallest absolute Gasteiger partial charge is 0.115 e. The van der Waals surface area contributed by atoms with Crippen LogP contribution in [0, 0.1) is 5.41 Å². The number of fused-ring (bicyclic) bond motifs is 1. The zero-order valence-corrected chi connectivity index (χ0v) is 16.8. The summed E-state index contributed by atoms with van der Waals surface area (Å²) in [7, 11) is 0. The SMILES string of the molecule is CC1(C)C=C(OC[C@@H](O)CN2CCCCC2)CC2=C1Cc1ccccc1C2. The molecule has 4 rings (SSSR count). The molecule has 0 aromatic heterocycles. The van der Waals surface area contributed by atoms with E-state index >= 15 is 0 Å². The van der Waals surface area contributed by atoms with Crippen molar-refractivity contribution in [3.05, 3.63) is 58.4 Å². The third-order valence-electron chi connectivity index (χ3n) is 6.38. The van der Waals surface area contributed by atoms with Crippen LogP contribution in [0.15, 0.2) is 47.2 Å². The number of likely N-dealkylation sites (tertiary alicyclic amines) is 1. The Bertz CT molecular complexity index is 741. The first-order valence-corrected chi connectivity index (χ1v) is 10.5. The number of hydrogen-bond donors (Lipinski definition) is 1. The van der Waals surface area contributed by atoms with Crippen molar-refractivity contribution in [2.24, 2.45) is 5.41 Å². The van der Waals surface area contributed by atoms with Gasteiger partial charge in [-0.15, -0.1) is 0 Å². The lowest BCUT2D eigenvalue weighted by Gasteiger charge is -2.37. The highest BCUT2D eigenvalue weighted by Gasteiger charge is 2.33. The molecule has 0 bridgehead atoms. The van der Waals surface area contributed by atoms with E-state index in [1.165, 1.54) is 36.0 Å². The second-order valence-electron chi connectivity index (χ2n) is 9.04. The summed E-state index contributed by atoms with van der Waals surface area (Å²) >= 11 is 0. The number of allylic oxidation sites excluding steroid dienone is 3. The number of piperidine rings is 1. The predicted molar refractivity (Wildman–Crippen MR) is 110 cm³/mol. The highest BCUT2D eigenvalue weighted by atomic mass is 16.5. The molecule has 0 spiro atoms. The lowest BCUT2D eigenvalue weighted by atomic mass is 9.69. The van der Waals surface area contributed by atoms with Gasteiger partial charge >= 0.3 is 0 Å². The number of rotatable bonds is 5. The van der Waals surface area contributed by atoms with Gasteiger partial charge in [-0.2, -0.15) is 0 Å². The van der Waals surface area contributed by atoms with E-state index in [4.69, 9.17) is 4.74 Å². The normalized spacial score (nSPS) is 23.3. The van der Waals surface area contributed by atoms with Crippen LogP contribution < -0.4 is 0 Å². The first kappa shape index (κ1) is 18.8. The molecule has 1 N–H and O–H groups in total. The molecule has 0 amide bonds. The number of benzene rings is 1. The number of nitrogens with zero attached hydrogens (tertiary/aromatic N) is 1. The van der Waals surface area contributed by atoms with E-state index in [9.17, 15) is 5.11 Å². The highest BCUT2D eigenvalue weighted by Crippen LogP contribution is 2.44. The van der Waals surface area contributed by atoms with Crippen LogP contribution >= 0.6 is 0 Å². The van der Waals surface area contributed by atoms with E-state index in [0.717, 1.165) is 44.7 Å². The van der Waals surface area contributed by atoms with Gasteiger partial charge in [-0.05, 0) is 56.0 Å². The number of β-amino-alcohol motifs (C(OH)–C–C–N with tert-alkyl or cyclic N) is 1. The van der Waals surface area contributed by atoms with E-state index in [1.54, 1.807) is 5.57 Å². The molecular formula is C24H33NO2. The van der Waals surface area contributed by atoms with Crippen molar-refractivity contribution in [2.75, 3.05) is 26.2 Å². The van der Waals surface area contributed by atoms with Crippen LogP contribution in [0.25, 0.3) is 0 Å². The Labute approximate surface area is 163 Å². The van der Waals surface area contributed by atoms with Crippen molar-refractivity contribution in [3.8, 4) is 0 Å². The average Bonchev–Trinajstić information content (AvgIpc) is 2.65. The molecule has 1 aliphatic heterocycles. The molecule has 1 atom stereocenters. The topological polar surface area (TPSA) is 32.7 Å². The minimum absolute atomic E-state index is 0.0221. The minimum atomic E-state index is -0.408. The lowest BCUT2D eigenvalue weighted by molar-refractivity contribution is 0.0357. The molecule has 0 radical (unpaired) electrons. The van der Waals surface area contributed by atoms with Gasteiger partial charge in [0.1, 0.15) is 12.7 Å². The van der Waals surface area contributed by atoms with Crippen molar-refractivity contribution < 1.29 is 9.84 Å². The maximum atomic E-state index is 10.4. The van der Waals surface area contributed by atoms with Crippen LogP contribution in [-0.2, 0) is 17.6 Å². The Balaban J connectivity index is 1.37. The van der Waals surface area contributed by atoms with Gasteiger partial charge in [-0.25, -0.2) is 0 Å². The van der Waals surface area contributed by atoms with Gasteiger partial charge in [0.15, 0.2) is 0 Å². The van der Waals surface area contributed by atoms with Crippen LogP contribution in [0.3, 0.4) is 0 Å². The fourth-order valence-corrected chi connectivity index (χ4v) is 4.95.